The van der Waals surface area contributed by atoms with Crippen molar-refractivity contribution < 1.29 is 14.4 Å². The Labute approximate surface area is 122 Å². The molecular weight excluding hydrogens is 272 g/mol. The highest BCUT2D eigenvalue weighted by Crippen LogP contribution is 2.36. The molecule has 6 nitrogen and oxygen atoms in total. The molecule has 0 radical (unpaired) electrons. The Kier molecular flexibility index (Phi) is 4.39. The fourth-order valence-electron chi connectivity index (χ4n) is 1.94. The molecule has 0 atom stereocenters. The van der Waals surface area contributed by atoms with Gasteiger partial charge in [0.2, 0.25) is 0 Å². The van der Waals surface area contributed by atoms with E-state index in [2.05, 4.69) is 0 Å². The Bertz CT molecular complexity index is 671. The summed E-state index contributed by atoms with van der Waals surface area (Å²) in [6, 6.07) is 9.79. The summed E-state index contributed by atoms with van der Waals surface area (Å²) in [7, 11) is 1.48. The third-order valence-electron chi connectivity index (χ3n) is 3.01. The smallest absolute Gasteiger partial charge is 0.273 e. The SMILES string of the molecule is COc1ccc([N+](=O)[O-])cc1Oc1ccc(C)cc1CN. The predicted molar refractivity (Wildman–Crippen MR) is 78.8 cm³/mol. The molecule has 0 aliphatic carbocycles. The summed E-state index contributed by atoms with van der Waals surface area (Å²) in [6.45, 7) is 2.27. The summed E-state index contributed by atoms with van der Waals surface area (Å²) in [5, 5.41) is 10.9. The number of aryl methyl sites for hydroxylation is 1. The molecule has 2 rings (SSSR count). The van der Waals surface area contributed by atoms with Crippen LogP contribution in [0.5, 0.6) is 17.2 Å². The van der Waals surface area contributed by atoms with Crippen molar-refractivity contribution in [3.8, 4) is 17.2 Å². The van der Waals surface area contributed by atoms with Gasteiger partial charge >= 0.3 is 0 Å². The first-order chi connectivity index (χ1) is 10.0. The van der Waals surface area contributed by atoms with Crippen molar-refractivity contribution in [3.05, 3.63) is 57.6 Å². The Balaban J connectivity index is 2.42. The van der Waals surface area contributed by atoms with Gasteiger partial charge in [-0.25, -0.2) is 0 Å². The minimum atomic E-state index is -0.481. The fraction of sp³-hybridized carbons (Fsp3) is 0.200. The van der Waals surface area contributed by atoms with Crippen LogP contribution in [-0.2, 0) is 6.54 Å². The molecule has 0 unspecified atom stereocenters. The van der Waals surface area contributed by atoms with Crippen molar-refractivity contribution in [1.29, 1.82) is 0 Å². The predicted octanol–water partition coefficient (Wildman–Crippen LogP) is 3.16. The second-order valence-electron chi connectivity index (χ2n) is 4.51. The second kappa shape index (κ2) is 6.23. The number of benzene rings is 2. The van der Waals surface area contributed by atoms with E-state index < -0.39 is 4.92 Å². The van der Waals surface area contributed by atoms with E-state index in [0.717, 1.165) is 11.1 Å². The van der Waals surface area contributed by atoms with Crippen molar-refractivity contribution >= 4 is 5.69 Å². The number of nitro benzene ring substituents is 1. The molecule has 0 aliphatic heterocycles. The lowest BCUT2D eigenvalue weighted by atomic mass is 10.1. The van der Waals surface area contributed by atoms with Crippen LogP contribution in [0.25, 0.3) is 0 Å². The monoisotopic (exact) mass is 288 g/mol. The van der Waals surface area contributed by atoms with Crippen molar-refractivity contribution in [2.75, 3.05) is 7.11 Å². The molecule has 2 N–H and O–H groups in total. The van der Waals surface area contributed by atoms with E-state index in [0.29, 0.717) is 18.0 Å². The van der Waals surface area contributed by atoms with Crippen LogP contribution >= 0.6 is 0 Å². The Morgan fingerprint density at radius 1 is 1.14 bits per heavy atom. The largest absolute Gasteiger partial charge is 0.493 e. The molecule has 0 bridgehead atoms. The number of ether oxygens (including phenoxy) is 2. The van der Waals surface area contributed by atoms with Crippen LogP contribution in [0.15, 0.2) is 36.4 Å². The van der Waals surface area contributed by atoms with Gasteiger partial charge in [-0.05, 0) is 19.1 Å². The van der Waals surface area contributed by atoms with Crippen molar-refractivity contribution in [3.63, 3.8) is 0 Å². The minimum absolute atomic E-state index is 0.0628. The molecule has 110 valence electrons. The average Bonchev–Trinajstić information content (AvgIpc) is 2.48. The lowest BCUT2D eigenvalue weighted by Gasteiger charge is -2.13. The number of hydrogen-bond acceptors (Lipinski definition) is 5. The second-order valence-corrected chi connectivity index (χ2v) is 4.51. The number of non-ortho nitro benzene ring substituents is 1. The zero-order chi connectivity index (χ0) is 15.4. The van der Waals surface area contributed by atoms with Crippen molar-refractivity contribution in [2.45, 2.75) is 13.5 Å². The van der Waals surface area contributed by atoms with Gasteiger partial charge < -0.3 is 15.2 Å². The average molecular weight is 288 g/mol. The van der Waals surface area contributed by atoms with Crippen LogP contribution in [0, 0.1) is 17.0 Å². The Morgan fingerprint density at radius 2 is 1.86 bits per heavy atom. The number of nitro groups is 1. The third kappa shape index (κ3) is 3.29. The molecule has 0 saturated carbocycles. The molecule has 6 heteroatoms. The quantitative estimate of drug-likeness (QED) is 0.674. The number of nitrogens with zero attached hydrogens (tertiary/aromatic N) is 1. The highest BCUT2D eigenvalue weighted by molar-refractivity contribution is 5.51. The van der Waals surface area contributed by atoms with E-state index in [-0.39, 0.29) is 11.4 Å². The lowest BCUT2D eigenvalue weighted by molar-refractivity contribution is -0.384. The van der Waals surface area contributed by atoms with E-state index in [4.69, 9.17) is 15.2 Å². The summed E-state index contributed by atoms with van der Waals surface area (Å²) in [6.07, 6.45) is 0. The van der Waals surface area contributed by atoms with Crippen molar-refractivity contribution in [2.24, 2.45) is 5.73 Å². The van der Waals surface area contributed by atoms with Gasteiger partial charge in [-0.15, -0.1) is 0 Å². The lowest BCUT2D eigenvalue weighted by Crippen LogP contribution is -2.01. The molecule has 0 heterocycles. The number of rotatable bonds is 5. The van der Waals surface area contributed by atoms with Crippen LogP contribution in [0.1, 0.15) is 11.1 Å². The standard InChI is InChI=1S/C15H16N2O4/c1-10-3-5-13(11(7-10)9-16)21-15-8-12(17(18)19)4-6-14(15)20-2/h3-8H,9,16H2,1-2H3. The minimum Gasteiger partial charge on any atom is -0.493 e. The van der Waals surface area contributed by atoms with Gasteiger partial charge in [-0.1, -0.05) is 17.7 Å². The van der Waals surface area contributed by atoms with Crippen LogP contribution in [0.4, 0.5) is 5.69 Å². The van der Waals surface area contributed by atoms with Gasteiger partial charge in [0.25, 0.3) is 5.69 Å². The molecular formula is C15H16N2O4. The fourth-order valence-corrected chi connectivity index (χ4v) is 1.94. The molecule has 21 heavy (non-hydrogen) atoms. The maximum absolute atomic E-state index is 10.9. The number of hydrogen-bond donors (Lipinski definition) is 1. The highest BCUT2D eigenvalue weighted by Gasteiger charge is 2.14. The molecule has 0 amide bonds. The van der Waals surface area contributed by atoms with E-state index in [9.17, 15) is 10.1 Å². The number of methoxy groups -OCH3 is 1. The van der Waals surface area contributed by atoms with Gasteiger partial charge in [-0.3, -0.25) is 10.1 Å². The molecule has 2 aromatic rings. The normalized spacial score (nSPS) is 10.2. The molecule has 0 saturated heterocycles. The van der Waals surface area contributed by atoms with Gasteiger partial charge in [0.1, 0.15) is 5.75 Å². The van der Waals surface area contributed by atoms with Crippen molar-refractivity contribution in [1.82, 2.24) is 0 Å². The summed E-state index contributed by atoms with van der Waals surface area (Å²) in [5.41, 5.74) is 7.53. The topological polar surface area (TPSA) is 87.6 Å². The first-order valence-corrected chi connectivity index (χ1v) is 6.35. The van der Waals surface area contributed by atoms with Crippen LogP contribution in [-0.4, -0.2) is 12.0 Å². The molecule has 0 fully saturated rings. The van der Waals surface area contributed by atoms with Crippen LogP contribution in [0.2, 0.25) is 0 Å². The van der Waals surface area contributed by atoms with Gasteiger partial charge in [-0.2, -0.15) is 0 Å². The maximum Gasteiger partial charge on any atom is 0.273 e. The van der Waals surface area contributed by atoms with Gasteiger partial charge in [0, 0.05) is 18.2 Å². The summed E-state index contributed by atoms with van der Waals surface area (Å²) < 4.78 is 10.9. The first-order valence-electron chi connectivity index (χ1n) is 6.35. The maximum atomic E-state index is 10.9. The number of nitrogens with two attached hydrogens (primary N) is 1. The highest BCUT2D eigenvalue weighted by atomic mass is 16.6. The third-order valence-corrected chi connectivity index (χ3v) is 3.01. The van der Waals surface area contributed by atoms with Crippen LogP contribution in [0.3, 0.4) is 0 Å². The van der Waals surface area contributed by atoms with E-state index >= 15 is 0 Å². The van der Waals surface area contributed by atoms with E-state index in [1.807, 2.05) is 19.1 Å². The summed E-state index contributed by atoms with van der Waals surface area (Å²) in [4.78, 5) is 10.4. The molecule has 0 aromatic heterocycles. The van der Waals surface area contributed by atoms with Gasteiger partial charge in [0.15, 0.2) is 11.5 Å². The van der Waals surface area contributed by atoms with E-state index in [1.54, 1.807) is 6.07 Å². The van der Waals surface area contributed by atoms with Crippen LogP contribution < -0.4 is 15.2 Å². The first kappa shape index (κ1) is 14.8. The molecule has 0 aliphatic rings. The Morgan fingerprint density at radius 3 is 2.48 bits per heavy atom. The Hall–Kier alpha value is -2.60. The zero-order valence-electron chi connectivity index (χ0n) is 11.8. The van der Waals surface area contributed by atoms with Gasteiger partial charge in [0.05, 0.1) is 18.1 Å². The van der Waals surface area contributed by atoms with E-state index in [1.165, 1.54) is 25.3 Å². The summed E-state index contributed by atoms with van der Waals surface area (Å²) >= 11 is 0. The zero-order valence-corrected chi connectivity index (χ0v) is 11.8. The summed E-state index contributed by atoms with van der Waals surface area (Å²) in [5.74, 6) is 1.26. The molecule has 0 spiro atoms. The molecule has 2 aromatic carbocycles.